The SMILES string of the molecule is COC(=O)c1nnc(-c2cc3ccccc3s2)o1. The van der Waals surface area contributed by atoms with Gasteiger partial charge in [-0.2, -0.15) is 0 Å². The van der Waals surface area contributed by atoms with E-state index in [1.807, 2.05) is 30.3 Å². The molecular weight excluding hydrogens is 252 g/mol. The molecule has 0 N–H and O–H groups in total. The van der Waals surface area contributed by atoms with Crippen molar-refractivity contribution in [1.29, 1.82) is 0 Å². The summed E-state index contributed by atoms with van der Waals surface area (Å²) in [5.74, 6) is -0.434. The van der Waals surface area contributed by atoms with Gasteiger partial charge in [-0.15, -0.1) is 21.5 Å². The lowest BCUT2D eigenvalue weighted by Crippen LogP contribution is -2.00. The van der Waals surface area contributed by atoms with Gasteiger partial charge in [-0.25, -0.2) is 4.79 Å². The van der Waals surface area contributed by atoms with Crippen molar-refractivity contribution < 1.29 is 13.9 Å². The Balaban J connectivity index is 2.03. The van der Waals surface area contributed by atoms with Crippen molar-refractivity contribution in [3.63, 3.8) is 0 Å². The molecule has 90 valence electrons. The van der Waals surface area contributed by atoms with Gasteiger partial charge in [0.1, 0.15) is 0 Å². The van der Waals surface area contributed by atoms with E-state index in [0.29, 0.717) is 5.89 Å². The minimum atomic E-state index is -0.630. The lowest BCUT2D eigenvalue weighted by Gasteiger charge is -1.89. The molecule has 1 aromatic carbocycles. The summed E-state index contributed by atoms with van der Waals surface area (Å²) in [5.41, 5.74) is 0. The highest BCUT2D eigenvalue weighted by atomic mass is 32.1. The normalized spacial score (nSPS) is 10.7. The Kier molecular flexibility index (Phi) is 2.56. The highest BCUT2D eigenvalue weighted by Crippen LogP contribution is 2.32. The zero-order valence-corrected chi connectivity index (χ0v) is 10.2. The van der Waals surface area contributed by atoms with E-state index in [4.69, 9.17) is 4.42 Å². The third kappa shape index (κ3) is 1.76. The summed E-state index contributed by atoms with van der Waals surface area (Å²) in [4.78, 5) is 12.0. The van der Waals surface area contributed by atoms with Crippen molar-refractivity contribution in [3.8, 4) is 10.8 Å². The van der Waals surface area contributed by atoms with E-state index in [9.17, 15) is 4.79 Å². The average molecular weight is 260 g/mol. The van der Waals surface area contributed by atoms with Gasteiger partial charge < -0.3 is 9.15 Å². The Morgan fingerprint density at radius 2 is 2.17 bits per heavy atom. The number of methoxy groups -OCH3 is 1. The molecule has 0 bridgehead atoms. The molecule has 0 atom stereocenters. The number of carbonyl (C=O) groups is 1. The summed E-state index contributed by atoms with van der Waals surface area (Å²) in [5, 5.41) is 8.60. The predicted molar refractivity (Wildman–Crippen MR) is 66.5 cm³/mol. The van der Waals surface area contributed by atoms with Crippen LogP contribution in [0.3, 0.4) is 0 Å². The molecule has 0 aliphatic rings. The summed E-state index contributed by atoms with van der Waals surface area (Å²) in [6.45, 7) is 0. The zero-order valence-electron chi connectivity index (χ0n) is 9.41. The van der Waals surface area contributed by atoms with Crippen molar-refractivity contribution in [2.75, 3.05) is 7.11 Å². The number of fused-ring (bicyclic) bond motifs is 1. The second kappa shape index (κ2) is 4.23. The van der Waals surface area contributed by atoms with Gasteiger partial charge >= 0.3 is 11.9 Å². The molecule has 2 aromatic heterocycles. The van der Waals surface area contributed by atoms with Gasteiger partial charge in [0.2, 0.25) is 0 Å². The quantitative estimate of drug-likeness (QED) is 0.663. The monoisotopic (exact) mass is 260 g/mol. The fourth-order valence-corrected chi connectivity index (χ4v) is 2.56. The van der Waals surface area contributed by atoms with E-state index in [-0.39, 0.29) is 5.89 Å². The summed E-state index contributed by atoms with van der Waals surface area (Å²) in [7, 11) is 1.27. The highest BCUT2D eigenvalue weighted by Gasteiger charge is 2.17. The number of benzene rings is 1. The summed E-state index contributed by atoms with van der Waals surface area (Å²) >= 11 is 1.53. The van der Waals surface area contributed by atoms with Crippen molar-refractivity contribution >= 4 is 27.4 Å². The standard InChI is InChI=1S/C12H8N2O3S/c1-16-12(15)11-14-13-10(17-11)9-6-7-4-2-3-5-8(7)18-9/h2-6H,1H3. The molecule has 0 radical (unpaired) electrons. The van der Waals surface area contributed by atoms with Crippen molar-refractivity contribution in [3.05, 3.63) is 36.2 Å². The molecular formula is C12H8N2O3S. The lowest BCUT2D eigenvalue weighted by molar-refractivity contribution is 0.0557. The van der Waals surface area contributed by atoms with E-state index < -0.39 is 5.97 Å². The molecule has 18 heavy (non-hydrogen) atoms. The van der Waals surface area contributed by atoms with E-state index in [1.165, 1.54) is 18.4 Å². The molecule has 6 heteroatoms. The summed E-state index contributed by atoms with van der Waals surface area (Å²) < 4.78 is 10.9. The van der Waals surface area contributed by atoms with E-state index in [0.717, 1.165) is 15.0 Å². The number of hydrogen-bond donors (Lipinski definition) is 0. The molecule has 3 aromatic rings. The second-order valence-electron chi connectivity index (χ2n) is 3.55. The minimum absolute atomic E-state index is 0.134. The minimum Gasteiger partial charge on any atom is -0.462 e. The molecule has 0 spiro atoms. The maximum Gasteiger partial charge on any atom is 0.396 e. The molecule has 0 saturated heterocycles. The van der Waals surface area contributed by atoms with Crippen LogP contribution in [0.25, 0.3) is 20.9 Å². The molecule has 0 aliphatic carbocycles. The molecule has 0 saturated carbocycles. The molecule has 0 amide bonds. The average Bonchev–Trinajstić information content (AvgIpc) is 3.03. The van der Waals surface area contributed by atoms with E-state index >= 15 is 0 Å². The molecule has 0 aliphatic heterocycles. The van der Waals surface area contributed by atoms with Crippen LogP contribution in [0.15, 0.2) is 34.7 Å². The topological polar surface area (TPSA) is 65.2 Å². The van der Waals surface area contributed by atoms with Crippen LogP contribution < -0.4 is 0 Å². The Hall–Kier alpha value is -2.21. The second-order valence-corrected chi connectivity index (χ2v) is 4.64. The number of hydrogen-bond acceptors (Lipinski definition) is 6. The van der Waals surface area contributed by atoms with Crippen LogP contribution in [0.1, 0.15) is 10.7 Å². The Morgan fingerprint density at radius 3 is 2.94 bits per heavy atom. The predicted octanol–water partition coefficient (Wildman–Crippen LogP) is 2.74. The third-order valence-corrected chi connectivity index (χ3v) is 3.53. The highest BCUT2D eigenvalue weighted by molar-refractivity contribution is 7.22. The van der Waals surface area contributed by atoms with Crippen LogP contribution in [0.2, 0.25) is 0 Å². The van der Waals surface area contributed by atoms with Crippen LogP contribution in [0.4, 0.5) is 0 Å². The number of thiophene rings is 1. The number of nitrogens with zero attached hydrogens (tertiary/aromatic N) is 2. The van der Waals surface area contributed by atoms with E-state index in [2.05, 4.69) is 14.9 Å². The molecule has 5 nitrogen and oxygen atoms in total. The van der Waals surface area contributed by atoms with Gasteiger partial charge in [-0.3, -0.25) is 0 Å². The Labute approximate surface area is 106 Å². The number of ether oxygens (including phenoxy) is 1. The van der Waals surface area contributed by atoms with Crippen molar-refractivity contribution in [2.24, 2.45) is 0 Å². The first-order valence-electron chi connectivity index (χ1n) is 5.18. The number of esters is 1. The molecule has 0 fully saturated rings. The molecule has 2 heterocycles. The van der Waals surface area contributed by atoms with Gasteiger partial charge in [0.25, 0.3) is 5.89 Å². The largest absolute Gasteiger partial charge is 0.462 e. The smallest absolute Gasteiger partial charge is 0.396 e. The lowest BCUT2D eigenvalue weighted by atomic mass is 10.2. The van der Waals surface area contributed by atoms with Crippen LogP contribution in [-0.4, -0.2) is 23.3 Å². The van der Waals surface area contributed by atoms with Crippen LogP contribution in [0, 0.1) is 0 Å². The summed E-state index contributed by atoms with van der Waals surface area (Å²) in [6.07, 6.45) is 0. The van der Waals surface area contributed by atoms with Gasteiger partial charge in [-0.05, 0) is 17.5 Å². The van der Waals surface area contributed by atoms with Crippen LogP contribution in [-0.2, 0) is 4.74 Å². The maximum absolute atomic E-state index is 11.2. The molecule has 3 rings (SSSR count). The first-order chi connectivity index (χ1) is 8.78. The van der Waals surface area contributed by atoms with Gasteiger partial charge in [0, 0.05) is 4.70 Å². The van der Waals surface area contributed by atoms with E-state index in [1.54, 1.807) is 0 Å². The zero-order chi connectivity index (χ0) is 12.5. The fraction of sp³-hybridized carbons (Fsp3) is 0.0833. The Bertz CT molecular complexity index is 684. The first kappa shape index (κ1) is 10.9. The van der Waals surface area contributed by atoms with Gasteiger partial charge in [-0.1, -0.05) is 18.2 Å². The maximum atomic E-state index is 11.2. The van der Waals surface area contributed by atoms with Crippen molar-refractivity contribution in [1.82, 2.24) is 10.2 Å². The fourth-order valence-electron chi connectivity index (χ4n) is 1.58. The van der Waals surface area contributed by atoms with Crippen LogP contribution >= 0.6 is 11.3 Å². The first-order valence-corrected chi connectivity index (χ1v) is 6.00. The number of carbonyl (C=O) groups excluding carboxylic acids is 1. The van der Waals surface area contributed by atoms with Gasteiger partial charge in [0.05, 0.1) is 12.0 Å². The number of aromatic nitrogens is 2. The number of rotatable bonds is 2. The van der Waals surface area contributed by atoms with Crippen molar-refractivity contribution in [2.45, 2.75) is 0 Å². The summed E-state index contributed by atoms with van der Waals surface area (Å²) in [6, 6.07) is 9.91. The third-order valence-electron chi connectivity index (χ3n) is 2.42. The molecule has 0 unspecified atom stereocenters. The Morgan fingerprint density at radius 1 is 1.33 bits per heavy atom. The van der Waals surface area contributed by atoms with Crippen LogP contribution in [0.5, 0.6) is 0 Å². The van der Waals surface area contributed by atoms with Gasteiger partial charge in [0.15, 0.2) is 0 Å².